The lowest BCUT2D eigenvalue weighted by molar-refractivity contribution is -0.137. The molecule has 0 saturated heterocycles. The third-order valence-electron chi connectivity index (χ3n) is 2.78. The third kappa shape index (κ3) is 3.82. The first kappa shape index (κ1) is 16.7. The Labute approximate surface area is 119 Å². The van der Waals surface area contributed by atoms with Crippen LogP contribution in [0.4, 0.5) is 18.9 Å². The molecule has 1 aromatic rings. The molecule has 0 aromatic heterocycles. The number of hydrogen-bond donors (Lipinski definition) is 1. The molecule has 1 aromatic carbocycles. The summed E-state index contributed by atoms with van der Waals surface area (Å²) in [6.45, 7) is 3.83. The number of ether oxygens (including phenoxy) is 1. The van der Waals surface area contributed by atoms with Crippen LogP contribution < -0.4 is 5.73 Å². The maximum Gasteiger partial charge on any atom is 0.418 e. The lowest BCUT2D eigenvalue weighted by Gasteiger charge is -2.16. The molecule has 20 heavy (non-hydrogen) atoms. The Balaban J connectivity index is 3.38. The number of nitrogens with two attached hydrogens (primary N) is 1. The molecule has 0 spiro atoms. The number of carbonyl (C=O) groups excluding carboxylic acids is 1. The summed E-state index contributed by atoms with van der Waals surface area (Å²) >= 11 is 1.26. The van der Waals surface area contributed by atoms with Crippen molar-refractivity contribution in [2.24, 2.45) is 0 Å². The number of carbonyl (C=O) groups is 1. The normalized spacial score (nSPS) is 13.1. The fraction of sp³-hybridized carbons (Fsp3) is 0.462. The quantitative estimate of drug-likeness (QED) is 0.519. The van der Waals surface area contributed by atoms with Gasteiger partial charge in [-0.15, -0.1) is 11.8 Å². The Morgan fingerprint density at radius 3 is 2.50 bits per heavy atom. The fourth-order valence-corrected chi connectivity index (χ4v) is 2.53. The average molecular weight is 307 g/mol. The number of alkyl halides is 3. The number of rotatable bonds is 4. The number of anilines is 1. The van der Waals surface area contributed by atoms with Gasteiger partial charge in [0.1, 0.15) is 0 Å². The number of benzene rings is 1. The molecule has 0 amide bonds. The van der Waals surface area contributed by atoms with Crippen LogP contribution in [0.2, 0.25) is 0 Å². The Morgan fingerprint density at radius 1 is 1.45 bits per heavy atom. The van der Waals surface area contributed by atoms with Gasteiger partial charge in [-0.25, -0.2) is 4.79 Å². The fourth-order valence-electron chi connectivity index (χ4n) is 1.52. The van der Waals surface area contributed by atoms with Gasteiger partial charge in [-0.2, -0.15) is 13.2 Å². The highest BCUT2D eigenvalue weighted by molar-refractivity contribution is 7.99. The molecule has 0 aliphatic rings. The van der Waals surface area contributed by atoms with Crippen molar-refractivity contribution in [1.29, 1.82) is 0 Å². The lowest BCUT2D eigenvalue weighted by Crippen LogP contribution is -2.14. The molecule has 1 unspecified atom stereocenters. The van der Waals surface area contributed by atoms with E-state index in [-0.39, 0.29) is 10.8 Å². The summed E-state index contributed by atoms with van der Waals surface area (Å²) in [7, 11) is 1.10. The van der Waals surface area contributed by atoms with Crippen molar-refractivity contribution >= 4 is 23.4 Å². The molecule has 0 aliphatic carbocycles. The minimum absolute atomic E-state index is 0.130. The zero-order chi connectivity index (χ0) is 15.5. The van der Waals surface area contributed by atoms with E-state index in [4.69, 9.17) is 5.73 Å². The number of hydrogen-bond acceptors (Lipinski definition) is 4. The number of halogens is 3. The summed E-state index contributed by atoms with van der Waals surface area (Å²) in [5.74, 6) is -0.875. The third-order valence-corrected chi connectivity index (χ3v) is 4.02. The second-order valence-electron chi connectivity index (χ2n) is 4.26. The van der Waals surface area contributed by atoms with Gasteiger partial charge in [0.15, 0.2) is 0 Å². The zero-order valence-electron chi connectivity index (χ0n) is 11.4. The molecule has 112 valence electrons. The van der Waals surface area contributed by atoms with Crippen LogP contribution in [0, 0.1) is 0 Å². The highest BCUT2D eigenvalue weighted by Crippen LogP contribution is 2.39. The van der Waals surface area contributed by atoms with Gasteiger partial charge in [0.2, 0.25) is 0 Å². The van der Waals surface area contributed by atoms with Gasteiger partial charge in [-0.1, -0.05) is 13.8 Å². The van der Waals surface area contributed by atoms with E-state index in [9.17, 15) is 18.0 Å². The van der Waals surface area contributed by atoms with Crippen LogP contribution in [-0.2, 0) is 10.9 Å². The number of methoxy groups -OCH3 is 1. The van der Waals surface area contributed by atoms with Crippen LogP contribution >= 0.6 is 11.8 Å². The van der Waals surface area contributed by atoms with Gasteiger partial charge >= 0.3 is 12.1 Å². The number of esters is 1. The topological polar surface area (TPSA) is 52.3 Å². The number of thioether (sulfide) groups is 1. The first-order valence-electron chi connectivity index (χ1n) is 5.96. The van der Waals surface area contributed by atoms with Gasteiger partial charge in [-0.3, -0.25) is 0 Å². The molecular formula is C13H16F3NO2S. The predicted molar refractivity (Wildman–Crippen MR) is 72.8 cm³/mol. The molecule has 0 heterocycles. The van der Waals surface area contributed by atoms with Crippen molar-refractivity contribution in [3.05, 3.63) is 23.3 Å². The largest absolute Gasteiger partial charge is 0.465 e. The highest BCUT2D eigenvalue weighted by Gasteiger charge is 2.35. The van der Waals surface area contributed by atoms with Crippen LogP contribution in [-0.4, -0.2) is 18.3 Å². The van der Waals surface area contributed by atoms with E-state index in [1.165, 1.54) is 17.8 Å². The molecule has 1 atom stereocenters. The Bertz CT molecular complexity index is 503. The van der Waals surface area contributed by atoms with Crippen LogP contribution in [0.25, 0.3) is 0 Å². The molecule has 0 saturated carbocycles. The SMILES string of the molecule is CCC(C)Sc1cc(C(=O)OC)c(N)c(C(F)(F)F)c1. The van der Waals surface area contributed by atoms with Crippen LogP contribution in [0.5, 0.6) is 0 Å². The number of nitrogen functional groups attached to an aromatic ring is 1. The van der Waals surface area contributed by atoms with Gasteiger partial charge in [0, 0.05) is 10.1 Å². The van der Waals surface area contributed by atoms with E-state index in [0.717, 1.165) is 19.6 Å². The molecule has 1 rings (SSSR count). The van der Waals surface area contributed by atoms with Crippen LogP contribution in [0.15, 0.2) is 17.0 Å². The van der Waals surface area contributed by atoms with Crippen molar-refractivity contribution in [3.8, 4) is 0 Å². The minimum atomic E-state index is -4.61. The van der Waals surface area contributed by atoms with Crippen molar-refractivity contribution in [2.75, 3.05) is 12.8 Å². The summed E-state index contributed by atoms with van der Waals surface area (Å²) < 4.78 is 43.3. The Morgan fingerprint density at radius 2 is 2.05 bits per heavy atom. The maximum atomic E-state index is 13.0. The second-order valence-corrected chi connectivity index (χ2v) is 5.77. The minimum Gasteiger partial charge on any atom is -0.465 e. The molecule has 0 radical (unpaired) electrons. The summed E-state index contributed by atoms with van der Waals surface area (Å²) in [6.07, 6.45) is -3.82. The molecular weight excluding hydrogens is 291 g/mol. The van der Waals surface area contributed by atoms with Gasteiger partial charge in [0.05, 0.1) is 23.9 Å². The van der Waals surface area contributed by atoms with E-state index >= 15 is 0 Å². The first-order valence-corrected chi connectivity index (χ1v) is 6.84. The Hall–Kier alpha value is -1.37. The van der Waals surface area contributed by atoms with Gasteiger partial charge < -0.3 is 10.5 Å². The van der Waals surface area contributed by atoms with E-state index in [1.54, 1.807) is 0 Å². The van der Waals surface area contributed by atoms with Crippen LogP contribution in [0.1, 0.15) is 36.2 Å². The van der Waals surface area contributed by atoms with Crippen molar-refractivity contribution in [3.63, 3.8) is 0 Å². The average Bonchev–Trinajstić information content (AvgIpc) is 2.38. The van der Waals surface area contributed by atoms with E-state index in [1.807, 2.05) is 13.8 Å². The summed E-state index contributed by atoms with van der Waals surface area (Å²) in [5.41, 5.74) is 3.58. The Kier molecular flexibility index (Phi) is 5.33. The van der Waals surface area contributed by atoms with Crippen LogP contribution in [0.3, 0.4) is 0 Å². The first-order chi connectivity index (χ1) is 9.20. The van der Waals surface area contributed by atoms with E-state index in [2.05, 4.69) is 4.74 Å². The molecule has 2 N–H and O–H groups in total. The predicted octanol–water partition coefficient (Wildman–Crippen LogP) is 3.96. The zero-order valence-corrected chi connectivity index (χ0v) is 12.2. The molecule has 7 heteroatoms. The van der Waals surface area contributed by atoms with E-state index < -0.39 is 23.4 Å². The van der Waals surface area contributed by atoms with E-state index in [0.29, 0.717) is 4.90 Å². The van der Waals surface area contributed by atoms with Gasteiger partial charge in [0.25, 0.3) is 0 Å². The summed E-state index contributed by atoms with van der Waals surface area (Å²) in [6, 6.07) is 2.31. The molecule has 0 fully saturated rings. The smallest absolute Gasteiger partial charge is 0.418 e. The van der Waals surface area contributed by atoms with Crippen molar-refractivity contribution in [1.82, 2.24) is 0 Å². The monoisotopic (exact) mass is 307 g/mol. The highest BCUT2D eigenvalue weighted by atomic mass is 32.2. The molecule has 3 nitrogen and oxygen atoms in total. The standard InChI is InChI=1S/C13H16F3NO2S/c1-4-7(2)20-8-5-9(12(18)19-3)11(17)10(6-8)13(14,15)16/h5-7H,4,17H2,1-3H3. The summed E-state index contributed by atoms with van der Waals surface area (Å²) in [4.78, 5) is 11.9. The molecule has 0 aliphatic heterocycles. The van der Waals surface area contributed by atoms with Crippen molar-refractivity contribution in [2.45, 2.75) is 36.6 Å². The lowest BCUT2D eigenvalue weighted by atomic mass is 10.1. The summed E-state index contributed by atoms with van der Waals surface area (Å²) in [5, 5.41) is 0.130. The van der Waals surface area contributed by atoms with Gasteiger partial charge in [-0.05, 0) is 18.6 Å². The maximum absolute atomic E-state index is 13.0. The molecule has 0 bridgehead atoms. The second kappa shape index (κ2) is 6.39. The van der Waals surface area contributed by atoms with Crippen molar-refractivity contribution < 1.29 is 22.7 Å².